The molecule has 2 rings (SSSR count). The molecule has 21 heavy (non-hydrogen) atoms. The molecule has 1 aromatic heterocycles. The molecule has 0 spiro atoms. The Morgan fingerprint density at radius 3 is 2.48 bits per heavy atom. The van der Waals surface area contributed by atoms with E-state index >= 15 is 0 Å². The molecule has 0 bridgehead atoms. The van der Waals surface area contributed by atoms with Crippen LogP contribution in [-0.4, -0.2) is 18.1 Å². The molecule has 0 aliphatic heterocycles. The Labute approximate surface area is 121 Å². The number of rotatable bonds is 6. The number of aromatic nitrogens is 1. The van der Waals surface area contributed by atoms with E-state index in [1.807, 2.05) is 0 Å². The summed E-state index contributed by atoms with van der Waals surface area (Å²) in [7, 11) is 0. The van der Waals surface area contributed by atoms with Gasteiger partial charge in [-0.25, -0.2) is 18.2 Å². The third-order valence-corrected chi connectivity index (χ3v) is 2.88. The van der Waals surface area contributed by atoms with Gasteiger partial charge in [0.05, 0.1) is 11.8 Å². The van der Waals surface area contributed by atoms with E-state index < -0.39 is 23.0 Å². The fraction of sp³-hybridized carbons (Fsp3) is 0.400. The van der Waals surface area contributed by atoms with E-state index in [2.05, 4.69) is 24.1 Å². The van der Waals surface area contributed by atoms with Crippen molar-refractivity contribution in [3.8, 4) is 11.3 Å². The molecule has 1 heterocycles. The Morgan fingerprint density at radius 1 is 1.19 bits per heavy atom. The maximum absolute atomic E-state index is 13.6. The van der Waals surface area contributed by atoms with Gasteiger partial charge in [0, 0.05) is 25.1 Å². The molecular weight excluding hydrogens is 281 g/mol. The Kier molecular flexibility index (Phi) is 5.01. The fourth-order valence-electron chi connectivity index (χ4n) is 1.91. The molecule has 0 aliphatic carbocycles. The predicted molar refractivity (Wildman–Crippen MR) is 73.2 cm³/mol. The number of oxazole rings is 1. The zero-order valence-electron chi connectivity index (χ0n) is 11.9. The van der Waals surface area contributed by atoms with Gasteiger partial charge in [0.1, 0.15) is 17.5 Å². The zero-order valence-corrected chi connectivity index (χ0v) is 11.9. The highest BCUT2D eigenvalue weighted by atomic mass is 19.1. The van der Waals surface area contributed by atoms with Crippen molar-refractivity contribution in [1.29, 1.82) is 0 Å². The molecular formula is C15H17F3N2O. The van der Waals surface area contributed by atoms with Crippen LogP contribution in [0.1, 0.15) is 19.7 Å². The molecule has 114 valence electrons. The van der Waals surface area contributed by atoms with Gasteiger partial charge in [-0.15, -0.1) is 0 Å². The molecule has 0 unspecified atom stereocenters. The van der Waals surface area contributed by atoms with E-state index in [4.69, 9.17) is 4.42 Å². The molecule has 0 atom stereocenters. The van der Waals surface area contributed by atoms with Crippen molar-refractivity contribution >= 4 is 0 Å². The number of halogens is 3. The van der Waals surface area contributed by atoms with Crippen LogP contribution < -0.4 is 5.32 Å². The van der Waals surface area contributed by atoms with Crippen molar-refractivity contribution in [1.82, 2.24) is 10.3 Å². The summed E-state index contributed by atoms with van der Waals surface area (Å²) >= 11 is 0. The molecule has 0 amide bonds. The van der Waals surface area contributed by atoms with Gasteiger partial charge in [0.15, 0.2) is 11.7 Å². The van der Waals surface area contributed by atoms with Gasteiger partial charge in [-0.1, -0.05) is 13.8 Å². The quantitative estimate of drug-likeness (QED) is 0.829. The Morgan fingerprint density at radius 2 is 1.86 bits per heavy atom. The summed E-state index contributed by atoms with van der Waals surface area (Å²) in [6.07, 6.45) is 1.76. The first-order valence-corrected chi connectivity index (χ1v) is 6.77. The van der Waals surface area contributed by atoms with Crippen LogP contribution in [0.2, 0.25) is 0 Å². The Hall–Kier alpha value is -1.82. The summed E-state index contributed by atoms with van der Waals surface area (Å²) < 4.78 is 45.4. The van der Waals surface area contributed by atoms with Crippen molar-refractivity contribution in [2.45, 2.75) is 20.3 Å². The molecule has 6 heteroatoms. The second-order valence-electron chi connectivity index (χ2n) is 5.21. The number of hydrogen-bond donors (Lipinski definition) is 1. The van der Waals surface area contributed by atoms with Crippen molar-refractivity contribution in [3.63, 3.8) is 0 Å². The smallest absolute Gasteiger partial charge is 0.196 e. The van der Waals surface area contributed by atoms with Crippen molar-refractivity contribution < 1.29 is 17.6 Å². The topological polar surface area (TPSA) is 38.1 Å². The highest BCUT2D eigenvalue weighted by Gasteiger charge is 2.17. The standard InChI is InChI=1S/C15H17F3N2O/c1-9(2)7-19-4-3-14-20-8-13(21-14)15-11(17)5-10(16)6-12(15)18/h5-6,8-9,19H,3-4,7H2,1-2H3. The van der Waals surface area contributed by atoms with E-state index in [1.165, 1.54) is 6.20 Å². The molecule has 0 saturated carbocycles. The normalized spacial score (nSPS) is 11.3. The number of benzene rings is 1. The summed E-state index contributed by atoms with van der Waals surface area (Å²) in [5.41, 5.74) is -0.398. The fourth-order valence-corrected chi connectivity index (χ4v) is 1.91. The highest BCUT2D eigenvalue weighted by Crippen LogP contribution is 2.27. The molecule has 0 saturated heterocycles. The van der Waals surface area contributed by atoms with Crippen LogP contribution in [0.15, 0.2) is 22.7 Å². The Balaban J connectivity index is 2.06. The molecule has 1 N–H and O–H groups in total. The minimum absolute atomic E-state index is 0.0381. The van der Waals surface area contributed by atoms with Gasteiger partial charge in [0.2, 0.25) is 0 Å². The van der Waals surface area contributed by atoms with Gasteiger partial charge < -0.3 is 9.73 Å². The Bertz CT molecular complexity index is 588. The van der Waals surface area contributed by atoms with Gasteiger partial charge >= 0.3 is 0 Å². The zero-order chi connectivity index (χ0) is 15.4. The molecule has 0 fully saturated rings. The molecule has 0 radical (unpaired) electrons. The second kappa shape index (κ2) is 6.76. The lowest BCUT2D eigenvalue weighted by atomic mass is 10.1. The molecule has 3 nitrogen and oxygen atoms in total. The average Bonchev–Trinajstić information content (AvgIpc) is 2.81. The molecule has 0 aliphatic rings. The lowest BCUT2D eigenvalue weighted by molar-refractivity contribution is 0.475. The van der Waals surface area contributed by atoms with Crippen LogP contribution in [0, 0.1) is 23.4 Å². The largest absolute Gasteiger partial charge is 0.440 e. The summed E-state index contributed by atoms with van der Waals surface area (Å²) in [6, 6.07) is 1.23. The summed E-state index contributed by atoms with van der Waals surface area (Å²) in [5, 5.41) is 3.21. The number of nitrogens with one attached hydrogen (secondary N) is 1. The van der Waals surface area contributed by atoms with Crippen molar-refractivity contribution in [2.75, 3.05) is 13.1 Å². The first kappa shape index (κ1) is 15.6. The van der Waals surface area contributed by atoms with Crippen LogP contribution in [0.5, 0.6) is 0 Å². The molecule has 1 aromatic carbocycles. The maximum Gasteiger partial charge on any atom is 0.196 e. The van der Waals surface area contributed by atoms with Crippen LogP contribution in [0.3, 0.4) is 0 Å². The molecule has 2 aromatic rings. The van der Waals surface area contributed by atoms with E-state index in [0.717, 1.165) is 6.54 Å². The second-order valence-corrected chi connectivity index (χ2v) is 5.21. The van der Waals surface area contributed by atoms with Crippen LogP contribution in [-0.2, 0) is 6.42 Å². The summed E-state index contributed by atoms with van der Waals surface area (Å²) in [5.74, 6) is -2.10. The lowest BCUT2D eigenvalue weighted by Crippen LogP contribution is -2.22. The van der Waals surface area contributed by atoms with E-state index in [-0.39, 0.29) is 5.76 Å². The van der Waals surface area contributed by atoms with E-state index in [9.17, 15) is 13.2 Å². The first-order chi connectivity index (χ1) is 9.97. The summed E-state index contributed by atoms with van der Waals surface area (Å²) in [6.45, 7) is 5.72. The first-order valence-electron chi connectivity index (χ1n) is 6.77. The van der Waals surface area contributed by atoms with Crippen molar-refractivity contribution in [2.24, 2.45) is 5.92 Å². The van der Waals surface area contributed by atoms with Gasteiger partial charge in [-0.2, -0.15) is 0 Å². The van der Waals surface area contributed by atoms with Crippen LogP contribution >= 0.6 is 0 Å². The van der Waals surface area contributed by atoms with Crippen LogP contribution in [0.25, 0.3) is 11.3 Å². The predicted octanol–water partition coefficient (Wildman–Crippen LogP) is 3.55. The van der Waals surface area contributed by atoms with Gasteiger partial charge in [-0.05, 0) is 12.5 Å². The third-order valence-electron chi connectivity index (χ3n) is 2.88. The van der Waals surface area contributed by atoms with Crippen LogP contribution in [0.4, 0.5) is 13.2 Å². The van der Waals surface area contributed by atoms with Gasteiger partial charge in [-0.3, -0.25) is 0 Å². The van der Waals surface area contributed by atoms with E-state index in [1.54, 1.807) is 0 Å². The average molecular weight is 298 g/mol. The number of nitrogens with zero attached hydrogens (tertiary/aromatic N) is 1. The van der Waals surface area contributed by atoms with Gasteiger partial charge in [0.25, 0.3) is 0 Å². The maximum atomic E-state index is 13.6. The van der Waals surface area contributed by atoms with Crippen molar-refractivity contribution in [3.05, 3.63) is 41.7 Å². The monoisotopic (exact) mass is 298 g/mol. The third kappa shape index (κ3) is 4.07. The number of hydrogen-bond acceptors (Lipinski definition) is 3. The van der Waals surface area contributed by atoms with E-state index in [0.29, 0.717) is 36.9 Å². The lowest BCUT2D eigenvalue weighted by Gasteiger charge is -2.05. The minimum Gasteiger partial charge on any atom is -0.440 e. The summed E-state index contributed by atoms with van der Waals surface area (Å²) in [4.78, 5) is 3.98. The minimum atomic E-state index is -1.01. The highest BCUT2D eigenvalue weighted by molar-refractivity contribution is 5.58. The SMILES string of the molecule is CC(C)CNCCc1ncc(-c2c(F)cc(F)cc2F)o1.